The Bertz CT molecular complexity index is 692. The second-order valence-corrected chi connectivity index (χ2v) is 6.71. The van der Waals surface area contributed by atoms with E-state index < -0.39 is 29.9 Å². The molecule has 3 unspecified atom stereocenters. The molecule has 0 bridgehead atoms. The average molecular weight is 412 g/mol. The van der Waals surface area contributed by atoms with E-state index in [0.717, 1.165) is 13.0 Å². The van der Waals surface area contributed by atoms with Gasteiger partial charge in [-0.3, -0.25) is 14.4 Å². The first-order valence-corrected chi connectivity index (χ1v) is 9.45. The topological polar surface area (TPSA) is 165 Å². The number of nitrogens with zero attached hydrogens (tertiary/aromatic N) is 1. The molecule has 0 radical (unpaired) electrons. The molecular weight excluding hydrogens is 388 g/mol. The quantitative estimate of drug-likeness (QED) is 0.214. The van der Waals surface area contributed by atoms with Crippen LogP contribution in [0.25, 0.3) is 0 Å². The summed E-state index contributed by atoms with van der Waals surface area (Å²) < 4.78 is 0. The number of carboxylic acids is 1. The zero-order valence-corrected chi connectivity index (χ0v) is 16.0. The van der Waals surface area contributed by atoms with E-state index >= 15 is 0 Å². The molecule has 0 aromatic carbocycles. The molecule has 1 aromatic heterocycles. The lowest BCUT2D eigenvalue weighted by molar-refractivity contribution is -0.142. The van der Waals surface area contributed by atoms with E-state index in [1.807, 2.05) is 0 Å². The number of carbonyl (C=O) groups is 4. The summed E-state index contributed by atoms with van der Waals surface area (Å²) in [5.41, 5.74) is 0.544. The Kier molecular flexibility index (Phi) is 8.26. The minimum atomic E-state index is -1.22. The van der Waals surface area contributed by atoms with Crippen LogP contribution in [0.2, 0.25) is 0 Å². The van der Waals surface area contributed by atoms with E-state index in [0.29, 0.717) is 12.1 Å². The highest BCUT2D eigenvalue weighted by atomic mass is 32.1. The molecule has 2 rings (SSSR count). The van der Waals surface area contributed by atoms with Gasteiger partial charge >= 0.3 is 5.97 Å². The van der Waals surface area contributed by atoms with Crippen molar-refractivity contribution >= 4 is 36.3 Å². The van der Waals surface area contributed by atoms with E-state index in [-0.39, 0.29) is 30.7 Å². The summed E-state index contributed by atoms with van der Waals surface area (Å²) in [6.45, 7) is 0.473. The van der Waals surface area contributed by atoms with Gasteiger partial charge in [-0.2, -0.15) is 12.6 Å². The molecule has 1 saturated heterocycles. The van der Waals surface area contributed by atoms with Gasteiger partial charge in [0.1, 0.15) is 12.1 Å². The number of thiol groups is 1. The van der Waals surface area contributed by atoms with Gasteiger partial charge in [0.15, 0.2) is 0 Å². The van der Waals surface area contributed by atoms with Crippen LogP contribution in [0.1, 0.15) is 18.5 Å². The maximum Gasteiger partial charge on any atom is 0.326 e. The summed E-state index contributed by atoms with van der Waals surface area (Å²) in [6, 6.07) is -2.54. The van der Waals surface area contributed by atoms with Crippen molar-refractivity contribution in [2.75, 3.05) is 18.8 Å². The zero-order chi connectivity index (χ0) is 20.5. The molecule has 0 spiro atoms. The maximum atomic E-state index is 12.3. The number of H-pyrrole nitrogens is 1. The number of nitrogens with one attached hydrogen (secondary N) is 5. The van der Waals surface area contributed by atoms with E-state index in [1.54, 1.807) is 0 Å². The number of hydrogen-bond acceptors (Lipinski definition) is 7. The molecule has 3 atom stereocenters. The van der Waals surface area contributed by atoms with Crippen molar-refractivity contribution in [2.24, 2.45) is 0 Å². The van der Waals surface area contributed by atoms with Crippen LogP contribution in [0.3, 0.4) is 0 Å². The van der Waals surface area contributed by atoms with Crippen LogP contribution in [0.15, 0.2) is 12.5 Å². The first-order valence-electron chi connectivity index (χ1n) is 8.82. The Morgan fingerprint density at radius 1 is 1.29 bits per heavy atom. The van der Waals surface area contributed by atoms with Crippen LogP contribution in [-0.2, 0) is 25.6 Å². The van der Waals surface area contributed by atoms with Crippen LogP contribution in [0, 0.1) is 0 Å². The second kappa shape index (κ2) is 10.7. The van der Waals surface area contributed by atoms with Crippen LogP contribution in [0.5, 0.6) is 0 Å². The third-order valence-corrected chi connectivity index (χ3v) is 4.59. The Morgan fingerprint density at radius 2 is 2.07 bits per heavy atom. The number of hydrogen-bond donors (Lipinski definition) is 7. The predicted molar refractivity (Wildman–Crippen MR) is 102 cm³/mol. The standard InChI is InChI=1S/C16H24N6O5S/c23-13(6-19-14(24)10-2-1-3-18-10)21-12(7-28)15(25)22-11(16(26)27)4-9-5-17-8-20-9/h5,8,10-12,18,28H,1-4,6-7H2,(H,17,20)(H,19,24)(H,21,23)(H,22,25)(H,26,27). The summed E-state index contributed by atoms with van der Waals surface area (Å²) in [5.74, 6) is -2.78. The number of carbonyl (C=O) groups excluding carboxylic acids is 3. The fourth-order valence-corrected chi connectivity index (χ4v) is 2.98. The van der Waals surface area contributed by atoms with Crippen LogP contribution in [0.4, 0.5) is 0 Å². The first-order chi connectivity index (χ1) is 13.4. The molecule has 28 heavy (non-hydrogen) atoms. The Labute approximate surface area is 166 Å². The lowest BCUT2D eigenvalue weighted by atomic mass is 10.1. The van der Waals surface area contributed by atoms with Crippen molar-refractivity contribution in [3.05, 3.63) is 18.2 Å². The van der Waals surface area contributed by atoms with Crippen molar-refractivity contribution in [2.45, 2.75) is 37.4 Å². The summed E-state index contributed by atoms with van der Waals surface area (Å²) in [7, 11) is 0. The van der Waals surface area contributed by atoms with Gasteiger partial charge in [0.2, 0.25) is 17.7 Å². The predicted octanol–water partition coefficient (Wildman–Crippen LogP) is -2.20. The van der Waals surface area contributed by atoms with E-state index in [4.69, 9.17) is 0 Å². The third kappa shape index (κ3) is 6.53. The summed E-state index contributed by atoms with van der Waals surface area (Å²) in [5, 5.41) is 19.6. The molecule has 1 aliphatic heterocycles. The molecule has 1 fully saturated rings. The lowest BCUT2D eigenvalue weighted by Crippen LogP contribution is -2.54. The van der Waals surface area contributed by atoms with Crippen molar-refractivity contribution < 1.29 is 24.3 Å². The smallest absolute Gasteiger partial charge is 0.326 e. The van der Waals surface area contributed by atoms with Gasteiger partial charge < -0.3 is 31.4 Å². The van der Waals surface area contributed by atoms with Crippen molar-refractivity contribution in [1.82, 2.24) is 31.2 Å². The van der Waals surface area contributed by atoms with Gasteiger partial charge in [-0.1, -0.05) is 0 Å². The Balaban J connectivity index is 1.82. The Morgan fingerprint density at radius 3 is 2.64 bits per heavy atom. The number of carboxylic acid groups (broad SMARTS) is 1. The first kappa shape index (κ1) is 21.7. The summed E-state index contributed by atoms with van der Waals surface area (Å²) >= 11 is 4.04. The minimum absolute atomic E-state index is 0.0127. The van der Waals surface area contributed by atoms with E-state index in [9.17, 15) is 24.3 Å². The van der Waals surface area contributed by atoms with E-state index in [1.165, 1.54) is 12.5 Å². The monoisotopic (exact) mass is 412 g/mol. The SMILES string of the molecule is O=C(CNC(=O)C1CCCN1)NC(CS)C(=O)NC(Cc1cnc[nH]1)C(=O)O. The second-order valence-electron chi connectivity index (χ2n) is 6.35. The van der Waals surface area contributed by atoms with Crippen LogP contribution >= 0.6 is 12.6 Å². The van der Waals surface area contributed by atoms with Gasteiger partial charge in [0, 0.05) is 24.1 Å². The molecule has 0 saturated carbocycles. The van der Waals surface area contributed by atoms with Gasteiger partial charge in [0.05, 0.1) is 18.9 Å². The lowest BCUT2D eigenvalue weighted by Gasteiger charge is -2.20. The molecule has 12 heteroatoms. The van der Waals surface area contributed by atoms with Crippen molar-refractivity contribution in [3.8, 4) is 0 Å². The van der Waals surface area contributed by atoms with Gasteiger partial charge in [-0.05, 0) is 19.4 Å². The molecular formula is C16H24N6O5S. The number of imidazole rings is 1. The van der Waals surface area contributed by atoms with Crippen molar-refractivity contribution in [1.29, 1.82) is 0 Å². The van der Waals surface area contributed by atoms with Crippen LogP contribution < -0.4 is 21.3 Å². The van der Waals surface area contributed by atoms with Crippen molar-refractivity contribution in [3.63, 3.8) is 0 Å². The van der Waals surface area contributed by atoms with Gasteiger partial charge in [-0.25, -0.2) is 9.78 Å². The minimum Gasteiger partial charge on any atom is -0.480 e. The third-order valence-electron chi connectivity index (χ3n) is 4.23. The highest BCUT2D eigenvalue weighted by Crippen LogP contribution is 2.04. The number of aromatic nitrogens is 2. The summed E-state index contributed by atoms with van der Waals surface area (Å²) in [6.07, 6.45) is 4.49. The zero-order valence-electron chi connectivity index (χ0n) is 15.1. The van der Waals surface area contributed by atoms with Crippen LogP contribution in [-0.4, -0.2) is 75.7 Å². The molecule has 0 aliphatic carbocycles. The highest BCUT2D eigenvalue weighted by Gasteiger charge is 2.27. The molecule has 2 heterocycles. The van der Waals surface area contributed by atoms with Gasteiger partial charge in [-0.15, -0.1) is 0 Å². The maximum absolute atomic E-state index is 12.3. The average Bonchev–Trinajstić information content (AvgIpc) is 3.37. The highest BCUT2D eigenvalue weighted by molar-refractivity contribution is 7.80. The number of aliphatic carboxylic acids is 1. The Hall–Kier alpha value is -2.60. The number of aromatic amines is 1. The van der Waals surface area contributed by atoms with Gasteiger partial charge in [0.25, 0.3) is 0 Å². The molecule has 154 valence electrons. The molecule has 11 nitrogen and oxygen atoms in total. The largest absolute Gasteiger partial charge is 0.480 e. The molecule has 6 N–H and O–H groups in total. The summed E-state index contributed by atoms with van der Waals surface area (Å²) in [4.78, 5) is 54.2. The number of rotatable bonds is 10. The molecule has 3 amide bonds. The van der Waals surface area contributed by atoms with E-state index in [2.05, 4.69) is 43.9 Å². The molecule has 1 aromatic rings. The fraction of sp³-hybridized carbons (Fsp3) is 0.562. The number of amides is 3. The fourth-order valence-electron chi connectivity index (χ4n) is 2.73. The normalized spacial score (nSPS) is 18.1. The molecule has 1 aliphatic rings.